The second kappa shape index (κ2) is 7.47. The minimum atomic E-state index is -0.303. The second-order valence-electron chi connectivity index (χ2n) is 6.50. The van der Waals surface area contributed by atoms with E-state index in [1.807, 2.05) is 31.2 Å². The third-order valence-corrected chi connectivity index (χ3v) is 4.43. The van der Waals surface area contributed by atoms with Crippen LogP contribution in [0, 0.1) is 24.6 Å². The summed E-state index contributed by atoms with van der Waals surface area (Å²) in [6, 6.07) is 14.0. The minimum Gasteiger partial charge on any atom is -0.352 e. The summed E-state index contributed by atoms with van der Waals surface area (Å²) in [5.74, 6) is -1.03. The molecule has 2 amide bonds. The van der Waals surface area contributed by atoms with Crippen LogP contribution >= 0.6 is 0 Å². The highest BCUT2D eigenvalue weighted by molar-refractivity contribution is 5.92. The number of carbonyl (C=O) groups excluding carboxylic acids is 2. The maximum Gasteiger partial charge on any atom is 0.224 e. The van der Waals surface area contributed by atoms with E-state index in [-0.39, 0.29) is 29.5 Å². The van der Waals surface area contributed by atoms with E-state index in [1.165, 1.54) is 17.7 Å². The summed E-state index contributed by atoms with van der Waals surface area (Å²) in [6.45, 7) is 2.83. The molecule has 0 aliphatic heterocycles. The standard InChI is InChI=1S/C20H21FN2O2/c1-13-2-4-14(5-3-13)11-22-19(24)17-10-18(17)20(25)23-12-15-6-8-16(21)9-7-15/h2-9,17-18H,10-12H2,1H3,(H,22,24)(H,23,25). The first-order valence-corrected chi connectivity index (χ1v) is 8.38. The lowest BCUT2D eigenvalue weighted by Crippen LogP contribution is -2.29. The first-order chi connectivity index (χ1) is 12.0. The van der Waals surface area contributed by atoms with Gasteiger partial charge in [0.25, 0.3) is 0 Å². The molecule has 0 bridgehead atoms. The highest BCUT2D eigenvalue weighted by atomic mass is 19.1. The molecule has 2 N–H and O–H groups in total. The number of carbonyl (C=O) groups is 2. The van der Waals surface area contributed by atoms with Gasteiger partial charge >= 0.3 is 0 Å². The van der Waals surface area contributed by atoms with Crippen LogP contribution in [-0.4, -0.2) is 11.8 Å². The molecule has 130 valence electrons. The van der Waals surface area contributed by atoms with Crippen LogP contribution in [0.3, 0.4) is 0 Å². The number of amides is 2. The van der Waals surface area contributed by atoms with Gasteiger partial charge in [-0.05, 0) is 36.6 Å². The average Bonchev–Trinajstić information content (AvgIpc) is 3.41. The molecule has 0 spiro atoms. The first kappa shape index (κ1) is 17.1. The van der Waals surface area contributed by atoms with Crippen molar-refractivity contribution >= 4 is 11.8 Å². The molecule has 2 atom stereocenters. The fraction of sp³-hybridized carbons (Fsp3) is 0.300. The van der Waals surface area contributed by atoms with E-state index in [9.17, 15) is 14.0 Å². The van der Waals surface area contributed by atoms with Crippen LogP contribution in [-0.2, 0) is 22.7 Å². The Balaban J connectivity index is 1.41. The molecule has 5 heteroatoms. The van der Waals surface area contributed by atoms with Crippen LogP contribution < -0.4 is 10.6 Å². The molecule has 1 saturated carbocycles. The van der Waals surface area contributed by atoms with Gasteiger partial charge in [0, 0.05) is 13.1 Å². The van der Waals surface area contributed by atoms with E-state index in [0.29, 0.717) is 19.5 Å². The normalized spacial score (nSPS) is 18.5. The molecule has 3 rings (SSSR count). The number of nitrogens with one attached hydrogen (secondary N) is 2. The zero-order valence-electron chi connectivity index (χ0n) is 14.1. The molecule has 25 heavy (non-hydrogen) atoms. The van der Waals surface area contributed by atoms with Crippen LogP contribution in [0.1, 0.15) is 23.1 Å². The van der Waals surface area contributed by atoms with Gasteiger partial charge in [-0.15, -0.1) is 0 Å². The van der Waals surface area contributed by atoms with E-state index >= 15 is 0 Å². The summed E-state index contributed by atoms with van der Waals surface area (Å²) in [7, 11) is 0. The van der Waals surface area contributed by atoms with Crippen molar-refractivity contribution in [2.75, 3.05) is 0 Å². The summed E-state index contributed by atoms with van der Waals surface area (Å²) < 4.78 is 12.8. The third-order valence-electron chi connectivity index (χ3n) is 4.43. The summed E-state index contributed by atoms with van der Waals surface area (Å²) >= 11 is 0. The number of aryl methyl sites for hydroxylation is 1. The molecule has 0 radical (unpaired) electrons. The zero-order valence-corrected chi connectivity index (χ0v) is 14.1. The van der Waals surface area contributed by atoms with Gasteiger partial charge in [0.2, 0.25) is 11.8 Å². The lowest BCUT2D eigenvalue weighted by molar-refractivity contribution is -0.127. The van der Waals surface area contributed by atoms with Gasteiger partial charge in [-0.25, -0.2) is 4.39 Å². The topological polar surface area (TPSA) is 58.2 Å². The van der Waals surface area contributed by atoms with E-state index in [0.717, 1.165) is 11.1 Å². The molecule has 2 unspecified atom stereocenters. The van der Waals surface area contributed by atoms with Crippen molar-refractivity contribution in [1.82, 2.24) is 10.6 Å². The van der Waals surface area contributed by atoms with E-state index in [2.05, 4.69) is 10.6 Å². The quantitative estimate of drug-likeness (QED) is 0.849. The summed E-state index contributed by atoms with van der Waals surface area (Å²) in [4.78, 5) is 24.2. The van der Waals surface area contributed by atoms with Crippen molar-refractivity contribution in [2.45, 2.75) is 26.4 Å². The van der Waals surface area contributed by atoms with Gasteiger partial charge in [0.05, 0.1) is 11.8 Å². The summed E-state index contributed by atoms with van der Waals surface area (Å²) in [6.07, 6.45) is 0.578. The van der Waals surface area contributed by atoms with Gasteiger partial charge in [-0.3, -0.25) is 9.59 Å². The van der Waals surface area contributed by atoms with Crippen molar-refractivity contribution < 1.29 is 14.0 Å². The largest absolute Gasteiger partial charge is 0.352 e. The van der Waals surface area contributed by atoms with E-state index in [4.69, 9.17) is 0 Å². The lowest BCUT2D eigenvalue weighted by Gasteiger charge is -2.07. The lowest BCUT2D eigenvalue weighted by atomic mass is 10.1. The van der Waals surface area contributed by atoms with E-state index in [1.54, 1.807) is 12.1 Å². The van der Waals surface area contributed by atoms with Crippen LogP contribution in [0.25, 0.3) is 0 Å². The molecule has 2 aromatic carbocycles. The number of halogens is 1. The van der Waals surface area contributed by atoms with Crippen LogP contribution in [0.2, 0.25) is 0 Å². The molecular formula is C20H21FN2O2. The van der Waals surface area contributed by atoms with Gasteiger partial charge in [-0.1, -0.05) is 42.0 Å². The maximum absolute atomic E-state index is 12.8. The average molecular weight is 340 g/mol. The third kappa shape index (κ3) is 4.66. The molecule has 1 aliphatic carbocycles. The molecular weight excluding hydrogens is 319 g/mol. The Labute approximate surface area is 146 Å². The number of benzene rings is 2. The first-order valence-electron chi connectivity index (χ1n) is 8.38. The Morgan fingerprint density at radius 1 is 0.880 bits per heavy atom. The van der Waals surface area contributed by atoms with Crippen molar-refractivity contribution in [3.8, 4) is 0 Å². The Morgan fingerprint density at radius 2 is 1.32 bits per heavy atom. The number of hydrogen-bond acceptors (Lipinski definition) is 2. The van der Waals surface area contributed by atoms with Crippen molar-refractivity contribution in [3.05, 3.63) is 71.0 Å². The minimum absolute atomic E-state index is 0.0810. The van der Waals surface area contributed by atoms with Crippen LogP contribution in [0.4, 0.5) is 4.39 Å². The van der Waals surface area contributed by atoms with Gasteiger partial charge < -0.3 is 10.6 Å². The molecule has 0 saturated heterocycles. The van der Waals surface area contributed by atoms with Gasteiger partial charge in [0.15, 0.2) is 0 Å². The van der Waals surface area contributed by atoms with Crippen LogP contribution in [0.5, 0.6) is 0 Å². The Kier molecular flexibility index (Phi) is 5.12. The van der Waals surface area contributed by atoms with Crippen molar-refractivity contribution in [1.29, 1.82) is 0 Å². The van der Waals surface area contributed by atoms with E-state index < -0.39 is 0 Å². The smallest absolute Gasteiger partial charge is 0.224 e. The van der Waals surface area contributed by atoms with Gasteiger partial charge in [-0.2, -0.15) is 0 Å². The number of rotatable bonds is 6. The predicted octanol–water partition coefficient (Wildman–Crippen LogP) is 2.70. The fourth-order valence-electron chi connectivity index (χ4n) is 2.72. The molecule has 1 fully saturated rings. The molecule has 0 aromatic heterocycles. The Hall–Kier alpha value is -2.69. The van der Waals surface area contributed by atoms with Crippen LogP contribution in [0.15, 0.2) is 48.5 Å². The molecule has 4 nitrogen and oxygen atoms in total. The van der Waals surface area contributed by atoms with Crippen molar-refractivity contribution in [3.63, 3.8) is 0 Å². The molecule has 0 heterocycles. The molecule has 1 aliphatic rings. The Morgan fingerprint density at radius 3 is 1.80 bits per heavy atom. The summed E-state index contributed by atoms with van der Waals surface area (Å²) in [5, 5.41) is 5.69. The second-order valence-corrected chi connectivity index (χ2v) is 6.50. The summed E-state index contributed by atoms with van der Waals surface area (Å²) in [5.41, 5.74) is 3.04. The molecule has 2 aromatic rings. The monoisotopic (exact) mass is 340 g/mol. The van der Waals surface area contributed by atoms with Crippen molar-refractivity contribution in [2.24, 2.45) is 11.8 Å². The number of hydrogen-bond donors (Lipinski definition) is 2. The fourth-order valence-corrected chi connectivity index (χ4v) is 2.72. The highest BCUT2D eigenvalue weighted by Gasteiger charge is 2.47. The zero-order chi connectivity index (χ0) is 17.8. The van der Waals surface area contributed by atoms with Gasteiger partial charge in [0.1, 0.15) is 5.82 Å². The predicted molar refractivity (Wildman–Crippen MR) is 92.9 cm³/mol. The highest BCUT2D eigenvalue weighted by Crippen LogP contribution is 2.38. The Bertz CT molecular complexity index is 691. The maximum atomic E-state index is 12.8. The SMILES string of the molecule is Cc1ccc(CNC(=O)C2CC2C(=O)NCc2ccc(F)cc2)cc1.